The van der Waals surface area contributed by atoms with Crippen molar-refractivity contribution in [1.82, 2.24) is 0 Å². The molecule has 0 amide bonds. The van der Waals surface area contributed by atoms with Crippen molar-refractivity contribution in [2.75, 3.05) is 13.2 Å². The average Bonchev–Trinajstić information content (AvgIpc) is 2.51. The summed E-state index contributed by atoms with van der Waals surface area (Å²) in [7, 11) is 0. The van der Waals surface area contributed by atoms with Gasteiger partial charge in [-0.25, -0.2) is 0 Å². The molecule has 21 heavy (non-hydrogen) atoms. The van der Waals surface area contributed by atoms with E-state index in [1.54, 1.807) is 0 Å². The van der Waals surface area contributed by atoms with Gasteiger partial charge in [0.15, 0.2) is 0 Å². The van der Waals surface area contributed by atoms with Crippen LogP contribution in [0.3, 0.4) is 0 Å². The van der Waals surface area contributed by atoms with E-state index in [9.17, 15) is 0 Å². The van der Waals surface area contributed by atoms with Crippen LogP contribution in [0.15, 0.2) is 48.5 Å². The quantitative estimate of drug-likeness (QED) is 0.755. The summed E-state index contributed by atoms with van der Waals surface area (Å²) < 4.78 is 11.2. The van der Waals surface area contributed by atoms with Crippen LogP contribution in [-0.2, 0) is 17.9 Å². The van der Waals surface area contributed by atoms with Crippen molar-refractivity contribution in [2.45, 2.75) is 19.6 Å². The highest BCUT2D eigenvalue weighted by Gasteiger charge is 1.97. The summed E-state index contributed by atoms with van der Waals surface area (Å²) in [4.78, 5) is 0. The molecule has 112 valence electrons. The molecule has 0 saturated heterocycles. The van der Waals surface area contributed by atoms with Crippen LogP contribution >= 0.6 is 11.6 Å². The summed E-state index contributed by atoms with van der Waals surface area (Å²) in [6.45, 7) is 2.42. The Morgan fingerprint density at radius 3 is 2.48 bits per heavy atom. The molecule has 2 rings (SSSR count). The highest BCUT2D eigenvalue weighted by molar-refractivity contribution is 6.30. The van der Waals surface area contributed by atoms with Crippen LogP contribution in [0.25, 0.3) is 0 Å². The van der Waals surface area contributed by atoms with Gasteiger partial charge in [0.05, 0.1) is 19.8 Å². The molecule has 0 aliphatic carbocycles. The van der Waals surface area contributed by atoms with Crippen molar-refractivity contribution in [3.05, 3.63) is 64.7 Å². The second-order valence-electron chi connectivity index (χ2n) is 4.73. The number of hydrogen-bond acceptors (Lipinski definition) is 3. The third-order valence-corrected chi connectivity index (χ3v) is 3.25. The van der Waals surface area contributed by atoms with Gasteiger partial charge in [0.1, 0.15) is 5.75 Å². The van der Waals surface area contributed by atoms with Crippen molar-refractivity contribution >= 4 is 11.6 Å². The highest BCUT2D eigenvalue weighted by atomic mass is 35.5. The standard InChI is InChI=1S/C17H20ClNO2/c18-16-4-1-3-15(11-16)13-20-9-2-10-21-17-7-5-14(12-19)6-8-17/h1,3-8,11H,2,9-10,12-13,19H2. The first-order valence-electron chi connectivity index (χ1n) is 7.02. The maximum Gasteiger partial charge on any atom is 0.119 e. The first-order valence-corrected chi connectivity index (χ1v) is 7.40. The Morgan fingerprint density at radius 1 is 0.952 bits per heavy atom. The van der Waals surface area contributed by atoms with Gasteiger partial charge in [0.25, 0.3) is 0 Å². The van der Waals surface area contributed by atoms with Gasteiger partial charge in [0.2, 0.25) is 0 Å². The lowest BCUT2D eigenvalue weighted by Crippen LogP contribution is -2.03. The van der Waals surface area contributed by atoms with Gasteiger partial charge in [-0.05, 0) is 35.4 Å². The normalized spacial score (nSPS) is 10.6. The van der Waals surface area contributed by atoms with Crippen LogP contribution in [0.1, 0.15) is 17.5 Å². The molecule has 4 heteroatoms. The van der Waals surface area contributed by atoms with E-state index in [4.69, 9.17) is 26.8 Å². The van der Waals surface area contributed by atoms with Crippen LogP contribution in [0, 0.1) is 0 Å². The molecule has 0 bridgehead atoms. The summed E-state index contributed by atoms with van der Waals surface area (Å²) >= 11 is 5.91. The predicted molar refractivity (Wildman–Crippen MR) is 85.6 cm³/mol. The minimum atomic E-state index is 0.553. The van der Waals surface area contributed by atoms with Crippen molar-refractivity contribution in [3.8, 4) is 5.75 Å². The second kappa shape index (κ2) is 8.67. The Kier molecular flexibility index (Phi) is 6.54. The van der Waals surface area contributed by atoms with Crippen molar-refractivity contribution in [2.24, 2.45) is 5.73 Å². The van der Waals surface area contributed by atoms with E-state index in [-0.39, 0.29) is 0 Å². The van der Waals surface area contributed by atoms with Gasteiger partial charge < -0.3 is 15.2 Å². The Balaban J connectivity index is 1.59. The molecule has 0 aromatic heterocycles. The topological polar surface area (TPSA) is 44.5 Å². The molecule has 0 spiro atoms. The zero-order chi connectivity index (χ0) is 14.9. The van der Waals surface area contributed by atoms with Gasteiger partial charge in [-0.1, -0.05) is 35.9 Å². The molecule has 0 fully saturated rings. The zero-order valence-corrected chi connectivity index (χ0v) is 12.7. The summed E-state index contributed by atoms with van der Waals surface area (Å²) in [5, 5.41) is 0.736. The van der Waals surface area contributed by atoms with Gasteiger partial charge in [0, 0.05) is 18.0 Å². The van der Waals surface area contributed by atoms with Crippen LogP contribution < -0.4 is 10.5 Å². The first-order chi connectivity index (χ1) is 10.3. The molecular weight excluding hydrogens is 286 g/mol. The molecule has 0 unspecified atom stereocenters. The Morgan fingerprint density at radius 2 is 1.76 bits per heavy atom. The maximum absolute atomic E-state index is 5.91. The number of hydrogen-bond donors (Lipinski definition) is 1. The number of benzene rings is 2. The van der Waals surface area contributed by atoms with E-state index in [2.05, 4.69) is 0 Å². The van der Waals surface area contributed by atoms with Crippen molar-refractivity contribution in [3.63, 3.8) is 0 Å². The van der Waals surface area contributed by atoms with E-state index in [1.165, 1.54) is 0 Å². The average molecular weight is 306 g/mol. The van der Waals surface area contributed by atoms with Gasteiger partial charge in [-0.15, -0.1) is 0 Å². The SMILES string of the molecule is NCc1ccc(OCCCOCc2cccc(Cl)c2)cc1. The molecule has 2 aromatic rings. The van der Waals surface area contributed by atoms with Crippen molar-refractivity contribution < 1.29 is 9.47 Å². The molecule has 0 radical (unpaired) electrons. The Labute approximate surface area is 130 Å². The van der Waals surface area contributed by atoms with Gasteiger partial charge >= 0.3 is 0 Å². The molecular formula is C17H20ClNO2. The Bertz CT molecular complexity index is 543. The lowest BCUT2D eigenvalue weighted by molar-refractivity contribution is 0.107. The summed E-state index contributed by atoms with van der Waals surface area (Å²) in [5.74, 6) is 0.863. The number of halogens is 1. The number of rotatable bonds is 8. The predicted octanol–water partition coefficient (Wildman–Crippen LogP) is 3.78. The first kappa shape index (κ1) is 15.8. The van der Waals surface area contributed by atoms with E-state index in [0.29, 0.717) is 26.4 Å². The van der Waals surface area contributed by atoms with E-state index >= 15 is 0 Å². The van der Waals surface area contributed by atoms with Crippen LogP contribution in [0.5, 0.6) is 5.75 Å². The fraction of sp³-hybridized carbons (Fsp3) is 0.294. The van der Waals surface area contributed by atoms with Crippen LogP contribution in [-0.4, -0.2) is 13.2 Å². The highest BCUT2D eigenvalue weighted by Crippen LogP contribution is 2.13. The molecule has 2 aromatic carbocycles. The van der Waals surface area contributed by atoms with Crippen LogP contribution in [0.4, 0.5) is 0 Å². The Hall–Kier alpha value is -1.55. The molecule has 2 N–H and O–H groups in total. The molecule has 0 aliphatic heterocycles. The zero-order valence-electron chi connectivity index (χ0n) is 11.9. The summed E-state index contributed by atoms with van der Waals surface area (Å²) in [6, 6.07) is 15.5. The summed E-state index contributed by atoms with van der Waals surface area (Å²) in [6.07, 6.45) is 0.846. The lowest BCUT2D eigenvalue weighted by Gasteiger charge is -2.08. The smallest absolute Gasteiger partial charge is 0.119 e. The molecule has 3 nitrogen and oxygen atoms in total. The fourth-order valence-corrected chi connectivity index (χ4v) is 2.10. The van der Waals surface area contributed by atoms with E-state index < -0.39 is 0 Å². The number of nitrogens with two attached hydrogens (primary N) is 1. The van der Waals surface area contributed by atoms with Crippen LogP contribution in [0.2, 0.25) is 5.02 Å². The van der Waals surface area contributed by atoms with Gasteiger partial charge in [-0.3, -0.25) is 0 Å². The molecule has 0 heterocycles. The minimum absolute atomic E-state index is 0.553. The summed E-state index contributed by atoms with van der Waals surface area (Å²) in [5.41, 5.74) is 7.73. The molecule has 0 atom stereocenters. The van der Waals surface area contributed by atoms with E-state index in [0.717, 1.165) is 28.3 Å². The number of ether oxygens (including phenoxy) is 2. The second-order valence-corrected chi connectivity index (χ2v) is 5.17. The minimum Gasteiger partial charge on any atom is -0.494 e. The molecule has 0 aliphatic rings. The van der Waals surface area contributed by atoms with Gasteiger partial charge in [-0.2, -0.15) is 0 Å². The fourth-order valence-electron chi connectivity index (χ4n) is 1.89. The van der Waals surface area contributed by atoms with Crippen molar-refractivity contribution in [1.29, 1.82) is 0 Å². The third-order valence-electron chi connectivity index (χ3n) is 3.02. The lowest BCUT2D eigenvalue weighted by atomic mass is 10.2. The largest absolute Gasteiger partial charge is 0.494 e. The third kappa shape index (κ3) is 5.76. The maximum atomic E-state index is 5.91. The van der Waals surface area contributed by atoms with E-state index in [1.807, 2.05) is 48.5 Å². The monoisotopic (exact) mass is 305 g/mol. The molecule has 0 saturated carbocycles.